The molecule has 5 atom stereocenters. The van der Waals surface area contributed by atoms with Gasteiger partial charge in [0.05, 0.1) is 30.4 Å². The third-order valence-electron chi connectivity index (χ3n) is 8.00. The number of benzene rings is 1. The highest BCUT2D eigenvalue weighted by molar-refractivity contribution is 7.07. The van der Waals surface area contributed by atoms with Crippen molar-refractivity contribution in [1.82, 2.24) is 20.5 Å². The highest BCUT2D eigenvalue weighted by Gasteiger charge is 2.39. The zero-order chi connectivity index (χ0) is 27.5. The van der Waals surface area contributed by atoms with E-state index in [9.17, 15) is 14.7 Å². The largest absolute Gasteiger partial charge is 0.493 e. The second-order valence-corrected chi connectivity index (χ2v) is 11.5. The van der Waals surface area contributed by atoms with Crippen LogP contribution in [-0.4, -0.2) is 76.9 Å². The number of hydrogen-bond donors (Lipinski definition) is 3. The average Bonchev–Trinajstić information content (AvgIpc) is 3.63. The molecule has 3 N–H and O–H groups in total. The van der Waals surface area contributed by atoms with Crippen molar-refractivity contribution in [3.05, 3.63) is 70.7 Å². The van der Waals surface area contributed by atoms with Gasteiger partial charge in [0.1, 0.15) is 11.9 Å². The number of ether oxygens (including phenoxy) is 2. The summed E-state index contributed by atoms with van der Waals surface area (Å²) in [6.07, 6.45) is 4.68. The van der Waals surface area contributed by atoms with Crippen LogP contribution in [0.1, 0.15) is 41.6 Å². The number of thiophene rings is 1. The van der Waals surface area contributed by atoms with Crippen molar-refractivity contribution in [3.8, 4) is 16.9 Å². The van der Waals surface area contributed by atoms with Gasteiger partial charge in [0.25, 0.3) is 5.91 Å². The number of aromatic nitrogens is 1. The fourth-order valence-corrected chi connectivity index (χ4v) is 6.51. The lowest BCUT2D eigenvalue weighted by Crippen LogP contribution is -2.50. The molecule has 40 heavy (non-hydrogen) atoms. The highest BCUT2D eigenvalue weighted by Crippen LogP contribution is 2.30. The Hall–Kier alpha value is -3.31. The van der Waals surface area contributed by atoms with Crippen LogP contribution in [0.15, 0.2) is 59.6 Å². The number of nitrogens with one attached hydrogen (secondary N) is 2. The minimum atomic E-state index is -0.627. The second kappa shape index (κ2) is 12.1. The van der Waals surface area contributed by atoms with Crippen molar-refractivity contribution in [2.75, 3.05) is 19.7 Å². The Labute approximate surface area is 237 Å². The van der Waals surface area contributed by atoms with Crippen LogP contribution in [0.2, 0.25) is 0 Å². The molecule has 2 aromatic heterocycles. The smallest absolute Gasteiger partial charge is 0.255 e. The van der Waals surface area contributed by atoms with Gasteiger partial charge in [-0.05, 0) is 77.0 Å². The van der Waals surface area contributed by atoms with Gasteiger partial charge in [-0.1, -0.05) is 6.07 Å². The Morgan fingerprint density at radius 1 is 1.07 bits per heavy atom. The number of pyridine rings is 1. The number of rotatable bonds is 3. The molecular weight excluding hydrogens is 528 g/mol. The number of likely N-dealkylation sites (tertiary alicyclic amines) is 1. The van der Waals surface area contributed by atoms with Crippen molar-refractivity contribution >= 4 is 23.2 Å². The van der Waals surface area contributed by atoms with E-state index in [1.807, 2.05) is 29.6 Å². The quantitative estimate of drug-likeness (QED) is 0.450. The molecule has 9 nitrogen and oxygen atoms in total. The number of carbonyl (C=O) groups is 2. The lowest BCUT2D eigenvalue weighted by atomic mass is 9.99. The lowest BCUT2D eigenvalue weighted by Gasteiger charge is -2.34. The van der Waals surface area contributed by atoms with Gasteiger partial charge in [-0.2, -0.15) is 11.3 Å². The average molecular weight is 563 g/mol. The Balaban J connectivity index is 1.29. The first kappa shape index (κ1) is 26.9. The summed E-state index contributed by atoms with van der Waals surface area (Å²) in [7, 11) is 0. The van der Waals surface area contributed by atoms with Crippen molar-refractivity contribution in [2.45, 2.75) is 62.6 Å². The van der Waals surface area contributed by atoms with Gasteiger partial charge in [0, 0.05) is 44.5 Å². The lowest BCUT2D eigenvalue weighted by molar-refractivity contribution is -0.133. The zero-order valence-electron chi connectivity index (χ0n) is 22.2. The minimum absolute atomic E-state index is 0.107. The maximum atomic E-state index is 13.6. The van der Waals surface area contributed by atoms with Gasteiger partial charge >= 0.3 is 0 Å². The molecule has 5 heterocycles. The van der Waals surface area contributed by atoms with E-state index >= 15 is 0 Å². The van der Waals surface area contributed by atoms with Crippen molar-refractivity contribution in [3.63, 3.8) is 0 Å². The molecular formula is C30H34N4O5S. The van der Waals surface area contributed by atoms with Crippen LogP contribution in [0, 0.1) is 0 Å². The SMILES string of the molecule is O=C1N[C@H]2C[C@@H](C(=O)NC[C@H]3O[C@H](CCOc4cc(-c5ccncc5)ccc41)CC[C@@H]3O)N(Cc1ccsc1)C2. The Morgan fingerprint density at radius 3 is 2.77 bits per heavy atom. The van der Waals surface area contributed by atoms with E-state index in [1.54, 1.807) is 29.8 Å². The summed E-state index contributed by atoms with van der Waals surface area (Å²) < 4.78 is 12.4. The Bertz CT molecular complexity index is 1320. The van der Waals surface area contributed by atoms with Gasteiger partial charge in [0.15, 0.2) is 0 Å². The molecule has 210 valence electrons. The van der Waals surface area contributed by atoms with Gasteiger partial charge in [0.2, 0.25) is 5.91 Å². The molecule has 3 aliphatic heterocycles. The molecule has 4 bridgehead atoms. The third kappa shape index (κ3) is 6.05. The summed E-state index contributed by atoms with van der Waals surface area (Å²) in [5, 5.41) is 20.9. The van der Waals surface area contributed by atoms with E-state index in [0.29, 0.717) is 56.7 Å². The van der Waals surface area contributed by atoms with Crippen LogP contribution in [0.5, 0.6) is 5.75 Å². The first-order chi connectivity index (χ1) is 19.5. The van der Waals surface area contributed by atoms with Crippen LogP contribution in [0.25, 0.3) is 11.1 Å². The van der Waals surface area contributed by atoms with Crippen molar-refractivity contribution in [2.24, 2.45) is 0 Å². The summed E-state index contributed by atoms with van der Waals surface area (Å²) >= 11 is 1.62. The topological polar surface area (TPSA) is 113 Å². The second-order valence-electron chi connectivity index (χ2n) is 10.8. The first-order valence-corrected chi connectivity index (χ1v) is 14.8. The molecule has 3 aliphatic rings. The molecule has 0 unspecified atom stereocenters. The molecule has 2 fully saturated rings. The summed E-state index contributed by atoms with van der Waals surface area (Å²) in [6.45, 7) is 1.78. The summed E-state index contributed by atoms with van der Waals surface area (Å²) in [4.78, 5) is 33.2. The fraction of sp³-hybridized carbons (Fsp3) is 0.433. The molecule has 6 rings (SSSR count). The van der Waals surface area contributed by atoms with Crippen LogP contribution >= 0.6 is 11.3 Å². The Morgan fingerprint density at radius 2 is 1.95 bits per heavy atom. The predicted octanol–water partition coefficient (Wildman–Crippen LogP) is 2.99. The van der Waals surface area contributed by atoms with Crippen LogP contribution in [0.4, 0.5) is 0 Å². The third-order valence-corrected chi connectivity index (χ3v) is 8.73. The molecule has 0 spiro atoms. The molecule has 0 radical (unpaired) electrons. The van der Waals surface area contributed by atoms with E-state index in [-0.39, 0.29) is 30.5 Å². The number of fused-ring (bicyclic) bond motifs is 5. The number of aliphatic hydroxyl groups excluding tert-OH is 1. The number of aliphatic hydroxyl groups is 1. The van der Waals surface area contributed by atoms with Gasteiger partial charge < -0.3 is 25.2 Å². The first-order valence-electron chi connectivity index (χ1n) is 13.9. The standard InChI is InChI=1S/C30H34N4O5S/c35-26-4-2-23-7-11-38-27-13-21(20-5-9-31-10-6-20)1-3-24(27)29(36)33-22-14-25(30(37)32-15-28(26)39-23)34(17-22)16-19-8-12-40-18-19/h1,3,5-6,8-10,12-13,18,22-23,25-26,28,35H,2,4,7,11,14-17H2,(H,32,37)(H,33,36)/t22-,23-,25-,26-,28+/m0/s1. The fourth-order valence-electron chi connectivity index (χ4n) is 5.85. The van der Waals surface area contributed by atoms with Crippen molar-refractivity contribution in [1.29, 1.82) is 0 Å². The van der Waals surface area contributed by atoms with E-state index in [1.165, 1.54) is 0 Å². The molecule has 1 aromatic carbocycles. The van der Waals surface area contributed by atoms with E-state index in [0.717, 1.165) is 16.7 Å². The van der Waals surface area contributed by atoms with E-state index in [2.05, 4.69) is 32.0 Å². The van der Waals surface area contributed by atoms with Gasteiger partial charge in [-0.3, -0.25) is 19.5 Å². The zero-order valence-corrected chi connectivity index (χ0v) is 23.0. The van der Waals surface area contributed by atoms with Gasteiger partial charge in [-0.15, -0.1) is 0 Å². The van der Waals surface area contributed by atoms with Crippen LogP contribution in [-0.2, 0) is 16.1 Å². The van der Waals surface area contributed by atoms with Gasteiger partial charge in [-0.25, -0.2) is 0 Å². The maximum absolute atomic E-state index is 13.6. The number of amides is 2. The molecule has 2 amide bonds. The summed E-state index contributed by atoms with van der Waals surface area (Å²) in [6, 6.07) is 10.9. The normalized spacial score (nSPS) is 27.8. The maximum Gasteiger partial charge on any atom is 0.255 e. The highest BCUT2D eigenvalue weighted by atomic mass is 32.1. The predicted molar refractivity (Wildman–Crippen MR) is 151 cm³/mol. The summed E-state index contributed by atoms with van der Waals surface area (Å²) in [5.74, 6) is 0.179. The molecule has 0 saturated carbocycles. The number of nitrogens with zero attached hydrogens (tertiary/aromatic N) is 2. The van der Waals surface area contributed by atoms with Crippen LogP contribution in [0.3, 0.4) is 0 Å². The van der Waals surface area contributed by atoms with Crippen LogP contribution < -0.4 is 15.4 Å². The number of carbonyl (C=O) groups excluding carboxylic acids is 2. The minimum Gasteiger partial charge on any atom is -0.493 e. The Kier molecular flexibility index (Phi) is 8.10. The summed E-state index contributed by atoms with van der Waals surface area (Å²) in [5.41, 5.74) is 3.51. The van der Waals surface area contributed by atoms with Crippen molar-refractivity contribution < 1.29 is 24.2 Å². The monoisotopic (exact) mass is 562 g/mol. The molecule has 3 aromatic rings. The van der Waals surface area contributed by atoms with E-state index in [4.69, 9.17) is 9.47 Å². The molecule has 2 saturated heterocycles. The number of hydrogen-bond acceptors (Lipinski definition) is 8. The molecule has 0 aliphatic carbocycles. The molecule has 10 heteroatoms. The van der Waals surface area contributed by atoms with E-state index < -0.39 is 18.2 Å².